The zero-order chi connectivity index (χ0) is 20.7. The van der Waals surface area contributed by atoms with Gasteiger partial charge in [-0.05, 0) is 24.3 Å². The second-order valence-corrected chi connectivity index (χ2v) is 8.66. The van der Waals surface area contributed by atoms with Crippen LogP contribution in [0, 0.1) is 0 Å². The van der Waals surface area contributed by atoms with E-state index in [4.69, 9.17) is 0 Å². The molecule has 0 bridgehead atoms. The van der Waals surface area contributed by atoms with Crippen molar-refractivity contribution in [3.8, 4) is 0 Å². The Bertz CT molecular complexity index is 1060. The molecule has 29 heavy (non-hydrogen) atoms. The Morgan fingerprint density at radius 2 is 1.83 bits per heavy atom. The van der Waals surface area contributed by atoms with Crippen LogP contribution in [-0.2, 0) is 14.8 Å². The highest BCUT2D eigenvalue weighted by atomic mass is 32.2. The molecule has 0 saturated carbocycles. The number of hydrogen-bond acceptors (Lipinski definition) is 10. The lowest BCUT2D eigenvalue weighted by Gasteiger charge is -2.07. The molecule has 3 aromatic heterocycles. The van der Waals surface area contributed by atoms with Gasteiger partial charge in [0.15, 0.2) is 15.2 Å². The highest BCUT2D eigenvalue weighted by Gasteiger charge is 2.17. The Labute approximate surface area is 171 Å². The largest absolute Gasteiger partial charge is 0.367 e. The van der Waals surface area contributed by atoms with Gasteiger partial charge in [0.05, 0.1) is 6.20 Å². The van der Waals surface area contributed by atoms with Crippen LogP contribution in [0.25, 0.3) is 0 Å². The van der Waals surface area contributed by atoms with Crippen molar-refractivity contribution < 1.29 is 13.2 Å². The highest BCUT2D eigenvalue weighted by Crippen LogP contribution is 2.22. The fourth-order valence-electron chi connectivity index (χ4n) is 2.10. The molecule has 152 valence electrons. The van der Waals surface area contributed by atoms with Gasteiger partial charge in [-0.15, -0.1) is 10.2 Å². The Kier molecular flexibility index (Phi) is 6.64. The van der Waals surface area contributed by atoms with Crippen molar-refractivity contribution in [2.24, 2.45) is 0 Å². The minimum Gasteiger partial charge on any atom is -0.367 e. The second kappa shape index (κ2) is 9.36. The fourth-order valence-corrected chi connectivity index (χ4v) is 4.25. The van der Waals surface area contributed by atoms with E-state index in [0.717, 1.165) is 11.3 Å². The maximum atomic E-state index is 12.2. The van der Waals surface area contributed by atoms with Crippen LogP contribution in [-0.4, -0.2) is 47.6 Å². The van der Waals surface area contributed by atoms with Crippen LogP contribution in [0.4, 0.5) is 22.6 Å². The fraction of sp³-hybridized carbons (Fsp3) is 0.188. The molecule has 0 fully saturated rings. The number of carbonyl (C=O) groups is 1. The number of sulfonamides is 1. The van der Waals surface area contributed by atoms with Crippen LogP contribution in [0.3, 0.4) is 0 Å². The lowest BCUT2D eigenvalue weighted by molar-refractivity contribution is -0.114. The van der Waals surface area contributed by atoms with E-state index >= 15 is 0 Å². The highest BCUT2D eigenvalue weighted by molar-refractivity contribution is 7.91. The van der Waals surface area contributed by atoms with Crippen molar-refractivity contribution >= 4 is 49.9 Å². The van der Waals surface area contributed by atoms with Gasteiger partial charge in [0.25, 0.3) is 10.0 Å². The topological polar surface area (TPSA) is 151 Å². The Morgan fingerprint density at radius 1 is 1.03 bits per heavy atom. The number of aromatic nitrogens is 4. The smallest absolute Gasteiger partial charge is 0.251 e. The normalized spacial score (nSPS) is 11.1. The Morgan fingerprint density at radius 3 is 2.52 bits per heavy atom. The van der Waals surface area contributed by atoms with Crippen LogP contribution >= 0.6 is 11.3 Å². The minimum absolute atomic E-state index is 0.0194. The summed E-state index contributed by atoms with van der Waals surface area (Å²) in [5.74, 6) is 1.38. The molecule has 3 aromatic rings. The van der Waals surface area contributed by atoms with Crippen LogP contribution in [0.2, 0.25) is 0 Å². The molecule has 11 nitrogen and oxygen atoms in total. The Hall–Kier alpha value is -3.16. The van der Waals surface area contributed by atoms with Crippen LogP contribution in [0.15, 0.2) is 46.9 Å². The molecule has 0 aliphatic rings. The minimum atomic E-state index is -3.71. The predicted octanol–water partition coefficient (Wildman–Crippen LogP) is 1.42. The third-order valence-electron chi connectivity index (χ3n) is 3.34. The van der Waals surface area contributed by atoms with E-state index in [1.54, 1.807) is 18.3 Å². The molecular formula is C16H18N8O3S2. The van der Waals surface area contributed by atoms with Crippen molar-refractivity contribution in [2.75, 3.05) is 29.0 Å². The third-order valence-corrected chi connectivity index (χ3v) is 6.18. The van der Waals surface area contributed by atoms with E-state index in [1.165, 1.54) is 13.1 Å². The zero-order valence-electron chi connectivity index (χ0n) is 15.3. The molecule has 0 radical (unpaired) electrons. The molecule has 0 saturated heterocycles. The quantitative estimate of drug-likeness (QED) is 0.366. The number of hydrogen-bond donors (Lipinski definition) is 4. The van der Waals surface area contributed by atoms with E-state index in [0.29, 0.717) is 24.0 Å². The van der Waals surface area contributed by atoms with Gasteiger partial charge in [-0.1, -0.05) is 17.4 Å². The van der Waals surface area contributed by atoms with Crippen molar-refractivity contribution in [1.82, 2.24) is 24.9 Å². The maximum Gasteiger partial charge on any atom is 0.251 e. The average molecular weight is 435 g/mol. The number of anilines is 4. The summed E-state index contributed by atoms with van der Waals surface area (Å²) in [6, 6.07) is 8.93. The zero-order valence-corrected chi connectivity index (χ0v) is 16.9. The molecule has 3 rings (SSSR count). The van der Waals surface area contributed by atoms with Gasteiger partial charge < -0.3 is 16.0 Å². The summed E-state index contributed by atoms with van der Waals surface area (Å²) in [5, 5.41) is 16.7. The SMILES string of the molecule is CC(=O)Nc1ncc(S(=O)(=O)NCCNc2ccc(Nc3ccccn3)nn2)s1. The summed E-state index contributed by atoms with van der Waals surface area (Å²) in [6.07, 6.45) is 2.87. The van der Waals surface area contributed by atoms with E-state index in [2.05, 4.69) is 40.8 Å². The number of carbonyl (C=O) groups excluding carboxylic acids is 1. The molecule has 0 unspecified atom stereocenters. The number of pyridine rings is 1. The lowest BCUT2D eigenvalue weighted by atomic mass is 10.4. The molecule has 0 aliphatic carbocycles. The number of rotatable bonds is 9. The van der Waals surface area contributed by atoms with Crippen molar-refractivity contribution in [3.05, 3.63) is 42.7 Å². The molecule has 1 amide bonds. The first-order chi connectivity index (χ1) is 13.9. The first-order valence-corrected chi connectivity index (χ1v) is 10.7. The molecule has 0 atom stereocenters. The molecular weight excluding hydrogens is 416 g/mol. The summed E-state index contributed by atoms with van der Waals surface area (Å²) >= 11 is 0.876. The van der Waals surface area contributed by atoms with Crippen molar-refractivity contribution in [2.45, 2.75) is 11.1 Å². The first-order valence-electron chi connectivity index (χ1n) is 8.41. The molecule has 0 aromatic carbocycles. The van der Waals surface area contributed by atoms with Gasteiger partial charge in [-0.3, -0.25) is 4.79 Å². The molecule has 0 aliphatic heterocycles. The second-order valence-electron chi connectivity index (χ2n) is 5.63. The molecule has 0 spiro atoms. The van der Waals surface area contributed by atoms with Gasteiger partial charge in [0.2, 0.25) is 5.91 Å². The van der Waals surface area contributed by atoms with Gasteiger partial charge in [0.1, 0.15) is 11.6 Å². The standard InChI is InChI=1S/C16H18N8O3S2/c1-11(25)21-16-19-10-15(28-16)29(26,27)20-9-8-18-13-5-6-14(24-23-13)22-12-4-2-3-7-17-12/h2-7,10,20H,8-9H2,1H3,(H,18,23)(H,17,22,24)(H,19,21,25). The average Bonchev–Trinajstić information content (AvgIpc) is 3.16. The summed E-state index contributed by atoms with van der Waals surface area (Å²) in [7, 11) is -3.71. The van der Waals surface area contributed by atoms with Crippen LogP contribution in [0.5, 0.6) is 0 Å². The number of amides is 1. The predicted molar refractivity (Wildman–Crippen MR) is 110 cm³/mol. The van der Waals surface area contributed by atoms with Gasteiger partial charge in [-0.25, -0.2) is 23.1 Å². The lowest BCUT2D eigenvalue weighted by Crippen LogP contribution is -2.28. The van der Waals surface area contributed by atoms with E-state index < -0.39 is 10.0 Å². The number of thiazole rings is 1. The van der Waals surface area contributed by atoms with Crippen LogP contribution in [0.1, 0.15) is 6.92 Å². The number of nitrogens with zero attached hydrogens (tertiary/aromatic N) is 4. The first kappa shape index (κ1) is 20.6. The monoisotopic (exact) mass is 434 g/mol. The van der Waals surface area contributed by atoms with Gasteiger partial charge in [-0.2, -0.15) is 0 Å². The van der Waals surface area contributed by atoms with Gasteiger partial charge >= 0.3 is 0 Å². The van der Waals surface area contributed by atoms with Gasteiger partial charge in [0, 0.05) is 26.2 Å². The summed E-state index contributed by atoms with van der Waals surface area (Å²) in [6.45, 7) is 1.76. The summed E-state index contributed by atoms with van der Waals surface area (Å²) in [5.41, 5.74) is 0. The van der Waals surface area contributed by atoms with Crippen LogP contribution < -0.4 is 20.7 Å². The van der Waals surface area contributed by atoms with E-state index in [-0.39, 0.29) is 21.8 Å². The molecule has 3 heterocycles. The van der Waals surface area contributed by atoms with Crippen molar-refractivity contribution in [1.29, 1.82) is 0 Å². The maximum absolute atomic E-state index is 12.2. The van der Waals surface area contributed by atoms with Crippen molar-refractivity contribution in [3.63, 3.8) is 0 Å². The summed E-state index contributed by atoms with van der Waals surface area (Å²) < 4.78 is 26.9. The number of nitrogens with one attached hydrogen (secondary N) is 4. The Balaban J connectivity index is 1.46. The molecule has 13 heteroatoms. The third kappa shape index (κ3) is 6.17. The van der Waals surface area contributed by atoms with E-state index in [1.807, 2.05) is 18.2 Å². The summed E-state index contributed by atoms with van der Waals surface area (Å²) in [4.78, 5) is 19.0. The van der Waals surface area contributed by atoms with E-state index in [9.17, 15) is 13.2 Å². The molecule has 4 N–H and O–H groups in total.